The minimum absolute atomic E-state index is 0.00477. The number of nitro groups is 1. The Bertz CT molecular complexity index is 377. The summed E-state index contributed by atoms with van der Waals surface area (Å²) in [6.07, 6.45) is 0. The van der Waals surface area contributed by atoms with Crippen LogP contribution >= 0.6 is 0 Å². The van der Waals surface area contributed by atoms with Gasteiger partial charge in [-0.25, -0.2) is 0 Å². The lowest BCUT2D eigenvalue weighted by Crippen LogP contribution is -2.04. The summed E-state index contributed by atoms with van der Waals surface area (Å²) in [5.41, 5.74) is 0.862. The predicted octanol–water partition coefficient (Wildman–Crippen LogP) is 1.06. The Morgan fingerprint density at radius 1 is 1.64 bits per heavy atom. The fourth-order valence-corrected chi connectivity index (χ4v) is 1.53. The molecule has 1 aliphatic heterocycles. The molecule has 5 nitrogen and oxygen atoms in total. The molecule has 0 amide bonds. The molecule has 1 aromatic rings. The summed E-state index contributed by atoms with van der Waals surface area (Å²) in [5.74, 6) is 0.462. The van der Waals surface area contributed by atoms with Crippen molar-refractivity contribution in [3.8, 4) is 5.75 Å². The lowest BCUT2D eigenvalue weighted by Gasteiger charge is -2.01. The minimum atomic E-state index is -0.462. The zero-order chi connectivity index (χ0) is 10.1. The average molecular weight is 195 g/mol. The molecular weight excluding hydrogens is 186 g/mol. The van der Waals surface area contributed by atoms with E-state index in [-0.39, 0.29) is 18.2 Å². The number of rotatable bonds is 2. The Balaban J connectivity index is 2.39. The van der Waals surface area contributed by atoms with Crippen LogP contribution in [0, 0.1) is 10.1 Å². The number of non-ortho nitro benzene ring substituents is 1. The van der Waals surface area contributed by atoms with Gasteiger partial charge in [0.25, 0.3) is 5.69 Å². The monoisotopic (exact) mass is 195 g/mol. The highest BCUT2D eigenvalue weighted by atomic mass is 16.6. The van der Waals surface area contributed by atoms with E-state index in [1.807, 2.05) is 0 Å². The van der Waals surface area contributed by atoms with Gasteiger partial charge in [0.15, 0.2) is 0 Å². The highest BCUT2D eigenvalue weighted by molar-refractivity contribution is 5.48. The molecule has 0 fully saturated rings. The molecule has 1 atom stereocenters. The van der Waals surface area contributed by atoms with E-state index >= 15 is 0 Å². The van der Waals surface area contributed by atoms with Crippen LogP contribution < -0.4 is 4.74 Å². The molecular formula is C9H9NO4. The summed E-state index contributed by atoms with van der Waals surface area (Å²) in [6.45, 7) is 0.401. The van der Waals surface area contributed by atoms with Crippen LogP contribution in [0.5, 0.6) is 5.75 Å². The second kappa shape index (κ2) is 3.26. The molecule has 0 saturated heterocycles. The number of hydrogen-bond acceptors (Lipinski definition) is 4. The van der Waals surface area contributed by atoms with Gasteiger partial charge in [-0.15, -0.1) is 0 Å². The van der Waals surface area contributed by atoms with Crippen molar-refractivity contribution < 1.29 is 14.8 Å². The molecule has 0 spiro atoms. The molecule has 0 bridgehead atoms. The van der Waals surface area contributed by atoms with Gasteiger partial charge in [-0.1, -0.05) is 0 Å². The number of hydrogen-bond donors (Lipinski definition) is 1. The second-order valence-electron chi connectivity index (χ2n) is 3.17. The van der Waals surface area contributed by atoms with Gasteiger partial charge in [-0.2, -0.15) is 0 Å². The Morgan fingerprint density at radius 3 is 3.07 bits per heavy atom. The molecule has 1 heterocycles. The van der Waals surface area contributed by atoms with Gasteiger partial charge >= 0.3 is 0 Å². The lowest BCUT2D eigenvalue weighted by atomic mass is 10.0. The van der Waals surface area contributed by atoms with Crippen LogP contribution in [0.25, 0.3) is 0 Å². The van der Waals surface area contributed by atoms with E-state index in [9.17, 15) is 10.1 Å². The van der Waals surface area contributed by atoms with Gasteiger partial charge in [0, 0.05) is 17.5 Å². The number of nitro benzene ring substituents is 1. The third kappa shape index (κ3) is 1.31. The maximum atomic E-state index is 10.5. The first-order valence-corrected chi connectivity index (χ1v) is 4.24. The van der Waals surface area contributed by atoms with Gasteiger partial charge in [-0.05, 0) is 6.07 Å². The first-order valence-electron chi connectivity index (χ1n) is 4.24. The zero-order valence-electron chi connectivity index (χ0n) is 7.34. The predicted molar refractivity (Wildman–Crippen MR) is 48.4 cm³/mol. The number of fused-ring (bicyclic) bond motifs is 1. The zero-order valence-corrected chi connectivity index (χ0v) is 7.34. The highest BCUT2D eigenvalue weighted by Crippen LogP contribution is 2.35. The molecule has 0 unspecified atom stereocenters. The van der Waals surface area contributed by atoms with E-state index in [2.05, 4.69) is 0 Å². The van der Waals surface area contributed by atoms with E-state index in [4.69, 9.17) is 9.84 Å². The van der Waals surface area contributed by atoms with Gasteiger partial charge < -0.3 is 9.84 Å². The number of aliphatic hydroxyl groups excluding tert-OH is 1. The average Bonchev–Trinajstić information content (AvgIpc) is 2.59. The van der Waals surface area contributed by atoms with Crippen LogP contribution in [-0.4, -0.2) is 23.2 Å². The van der Waals surface area contributed by atoms with Gasteiger partial charge in [0.1, 0.15) is 5.75 Å². The van der Waals surface area contributed by atoms with Crippen molar-refractivity contribution in [1.29, 1.82) is 0 Å². The van der Waals surface area contributed by atoms with Crippen LogP contribution in [0.2, 0.25) is 0 Å². The van der Waals surface area contributed by atoms with Crippen molar-refractivity contribution >= 4 is 5.69 Å². The largest absolute Gasteiger partial charge is 0.492 e. The van der Waals surface area contributed by atoms with Crippen LogP contribution in [-0.2, 0) is 0 Å². The molecule has 2 rings (SSSR count). The Hall–Kier alpha value is -1.62. The Kier molecular flexibility index (Phi) is 2.09. The first-order chi connectivity index (χ1) is 6.72. The van der Waals surface area contributed by atoms with Gasteiger partial charge in [0.2, 0.25) is 0 Å². The minimum Gasteiger partial charge on any atom is -0.492 e. The summed E-state index contributed by atoms with van der Waals surface area (Å²) in [7, 11) is 0. The van der Waals surface area contributed by atoms with Crippen molar-refractivity contribution in [2.75, 3.05) is 13.2 Å². The summed E-state index contributed by atoms with van der Waals surface area (Å²) >= 11 is 0. The van der Waals surface area contributed by atoms with E-state index in [0.29, 0.717) is 12.4 Å². The molecule has 74 valence electrons. The van der Waals surface area contributed by atoms with Crippen molar-refractivity contribution in [2.24, 2.45) is 0 Å². The Labute approximate surface area is 80.1 Å². The van der Waals surface area contributed by atoms with E-state index in [1.165, 1.54) is 12.1 Å². The summed E-state index contributed by atoms with van der Waals surface area (Å²) in [4.78, 5) is 9.99. The first kappa shape index (κ1) is 8.96. The van der Waals surface area contributed by atoms with Crippen molar-refractivity contribution in [2.45, 2.75) is 5.92 Å². The van der Waals surface area contributed by atoms with Crippen LogP contribution in [0.4, 0.5) is 5.69 Å². The molecule has 1 aromatic carbocycles. The molecule has 1 N–H and O–H groups in total. The molecule has 1 aliphatic rings. The fourth-order valence-electron chi connectivity index (χ4n) is 1.53. The number of ether oxygens (including phenoxy) is 1. The topological polar surface area (TPSA) is 72.6 Å². The maximum Gasteiger partial charge on any atom is 0.273 e. The third-order valence-corrected chi connectivity index (χ3v) is 2.31. The molecule has 5 heteroatoms. The second-order valence-corrected chi connectivity index (χ2v) is 3.17. The number of aliphatic hydroxyl groups is 1. The quantitative estimate of drug-likeness (QED) is 0.565. The molecule has 0 radical (unpaired) electrons. The highest BCUT2D eigenvalue weighted by Gasteiger charge is 2.25. The summed E-state index contributed by atoms with van der Waals surface area (Å²) in [6, 6.07) is 4.46. The van der Waals surface area contributed by atoms with E-state index in [1.54, 1.807) is 6.07 Å². The lowest BCUT2D eigenvalue weighted by molar-refractivity contribution is -0.384. The Morgan fingerprint density at radius 2 is 2.43 bits per heavy atom. The summed E-state index contributed by atoms with van der Waals surface area (Å²) in [5, 5.41) is 19.4. The normalized spacial score (nSPS) is 18.8. The van der Waals surface area contributed by atoms with Gasteiger partial charge in [-0.3, -0.25) is 10.1 Å². The fraction of sp³-hybridized carbons (Fsp3) is 0.333. The van der Waals surface area contributed by atoms with Crippen LogP contribution in [0.1, 0.15) is 11.5 Å². The van der Waals surface area contributed by atoms with Gasteiger partial charge in [0.05, 0.1) is 24.2 Å². The molecule has 14 heavy (non-hydrogen) atoms. The molecule has 0 aromatic heterocycles. The number of nitrogens with zero attached hydrogens (tertiary/aromatic N) is 1. The van der Waals surface area contributed by atoms with Crippen molar-refractivity contribution in [3.63, 3.8) is 0 Å². The van der Waals surface area contributed by atoms with Crippen LogP contribution in [0.3, 0.4) is 0 Å². The third-order valence-electron chi connectivity index (χ3n) is 2.31. The van der Waals surface area contributed by atoms with E-state index in [0.717, 1.165) is 5.56 Å². The van der Waals surface area contributed by atoms with E-state index < -0.39 is 4.92 Å². The van der Waals surface area contributed by atoms with Crippen molar-refractivity contribution in [1.82, 2.24) is 0 Å². The van der Waals surface area contributed by atoms with Crippen LogP contribution in [0.15, 0.2) is 18.2 Å². The SMILES string of the molecule is O=[N+]([O-])c1ccc2c(c1)OC[C@@H]2CO. The standard InChI is InChI=1S/C9H9NO4/c11-4-6-5-14-9-3-7(10(12)13)1-2-8(6)9/h1-3,6,11H,4-5H2/t6-/m0/s1. The maximum absolute atomic E-state index is 10.5. The van der Waals surface area contributed by atoms with Crippen molar-refractivity contribution in [3.05, 3.63) is 33.9 Å². The summed E-state index contributed by atoms with van der Waals surface area (Å²) < 4.78 is 5.23. The number of benzene rings is 1. The smallest absolute Gasteiger partial charge is 0.273 e. The molecule has 0 aliphatic carbocycles. The molecule has 0 saturated carbocycles.